The van der Waals surface area contributed by atoms with Crippen molar-refractivity contribution in [2.24, 2.45) is 0 Å². The van der Waals surface area contributed by atoms with Gasteiger partial charge in [0.25, 0.3) is 0 Å². The lowest BCUT2D eigenvalue weighted by Crippen LogP contribution is -2.17. The fraction of sp³-hybridized carbons (Fsp3) is 0.300. The van der Waals surface area contributed by atoms with Gasteiger partial charge in [0.1, 0.15) is 5.37 Å². The molecule has 5 nitrogen and oxygen atoms in total. The van der Waals surface area contributed by atoms with Gasteiger partial charge < -0.3 is 10.1 Å². The van der Waals surface area contributed by atoms with Crippen LogP contribution >= 0.6 is 0 Å². The van der Waals surface area contributed by atoms with E-state index >= 15 is 0 Å². The van der Waals surface area contributed by atoms with Crippen molar-refractivity contribution in [1.82, 2.24) is 0 Å². The smallest absolute Gasteiger partial charge is 0.337 e. The molecule has 1 aliphatic heterocycles. The van der Waals surface area contributed by atoms with Gasteiger partial charge in [0.05, 0.1) is 23.3 Å². The number of fused-ring (bicyclic) bond motifs is 1. The highest BCUT2D eigenvalue weighted by Crippen LogP contribution is 2.33. The Labute approximate surface area is 93.3 Å². The first-order valence-corrected chi connectivity index (χ1v) is 6.24. The maximum Gasteiger partial charge on any atom is 0.337 e. The molecule has 0 aliphatic carbocycles. The molecule has 1 N–H and O–H groups in total. The lowest BCUT2D eigenvalue weighted by atomic mass is 10.2. The number of esters is 1. The van der Waals surface area contributed by atoms with E-state index in [-0.39, 0.29) is 4.90 Å². The number of carbonyl (C=O) groups is 1. The molecule has 6 heteroatoms. The van der Waals surface area contributed by atoms with Gasteiger partial charge in [-0.25, -0.2) is 13.2 Å². The summed E-state index contributed by atoms with van der Waals surface area (Å²) in [5, 5.41) is 2.15. The second kappa shape index (κ2) is 3.48. The zero-order valence-electron chi connectivity index (χ0n) is 8.85. The van der Waals surface area contributed by atoms with Gasteiger partial charge in [0.15, 0.2) is 0 Å². The quantitative estimate of drug-likeness (QED) is 0.743. The molecule has 1 heterocycles. The Bertz CT molecular complexity index is 550. The van der Waals surface area contributed by atoms with E-state index < -0.39 is 21.2 Å². The van der Waals surface area contributed by atoms with Crippen LogP contribution in [0.5, 0.6) is 0 Å². The summed E-state index contributed by atoms with van der Waals surface area (Å²) in [7, 11) is -2.02. The summed E-state index contributed by atoms with van der Waals surface area (Å²) in [5.74, 6) is -0.485. The molecule has 0 radical (unpaired) electrons. The highest BCUT2D eigenvalue weighted by Gasteiger charge is 2.33. The van der Waals surface area contributed by atoms with Gasteiger partial charge in [-0.05, 0) is 25.1 Å². The first kappa shape index (κ1) is 10.9. The fourth-order valence-corrected chi connectivity index (χ4v) is 2.97. The monoisotopic (exact) mass is 241 g/mol. The predicted molar refractivity (Wildman–Crippen MR) is 58.1 cm³/mol. The molecule has 16 heavy (non-hydrogen) atoms. The minimum Gasteiger partial charge on any atom is -0.465 e. The maximum absolute atomic E-state index is 11.8. The van der Waals surface area contributed by atoms with Gasteiger partial charge in [-0.15, -0.1) is 0 Å². The molecular formula is C10H11NO4S. The van der Waals surface area contributed by atoms with Crippen molar-refractivity contribution in [1.29, 1.82) is 0 Å². The standard InChI is InChI=1S/C10H11NO4S/c1-6-11-8-5-7(10(12)15-2)3-4-9(8)16(6,13)14/h3-6,11H,1-2H3. The summed E-state index contributed by atoms with van der Waals surface area (Å²) >= 11 is 0. The Kier molecular flexibility index (Phi) is 2.38. The lowest BCUT2D eigenvalue weighted by Gasteiger charge is -2.02. The van der Waals surface area contributed by atoms with E-state index in [1.165, 1.54) is 25.3 Å². The molecular weight excluding hydrogens is 230 g/mol. The normalized spacial score (nSPS) is 21.0. The van der Waals surface area contributed by atoms with Crippen LogP contribution in [-0.4, -0.2) is 26.9 Å². The third-order valence-electron chi connectivity index (χ3n) is 2.53. The molecule has 0 fully saturated rings. The van der Waals surface area contributed by atoms with Gasteiger partial charge >= 0.3 is 5.97 Å². The third-order valence-corrected chi connectivity index (χ3v) is 4.55. The molecule has 0 saturated heterocycles. The minimum atomic E-state index is -3.30. The van der Waals surface area contributed by atoms with Gasteiger partial charge in [-0.3, -0.25) is 0 Å². The Morgan fingerprint density at radius 3 is 2.75 bits per heavy atom. The molecule has 86 valence electrons. The summed E-state index contributed by atoms with van der Waals surface area (Å²) in [6, 6.07) is 4.36. The average molecular weight is 241 g/mol. The largest absolute Gasteiger partial charge is 0.465 e. The van der Waals surface area contributed by atoms with Crippen LogP contribution in [0, 0.1) is 0 Å². The second-order valence-corrected chi connectivity index (χ2v) is 5.77. The van der Waals surface area contributed by atoms with Crippen molar-refractivity contribution in [2.45, 2.75) is 17.2 Å². The van der Waals surface area contributed by atoms with Crippen LogP contribution in [0.15, 0.2) is 23.1 Å². The van der Waals surface area contributed by atoms with Gasteiger partial charge in [0.2, 0.25) is 9.84 Å². The Morgan fingerprint density at radius 1 is 1.44 bits per heavy atom. The zero-order valence-corrected chi connectivity index (χ0v) is 9.67. The Balaban J connectivity index is 2.53. The number of ether oxygens (including phenoxy) is 1. The molecule has 1 aliphatic rings. The molecule has 1 aromatic rings. The number of rotatable bonds is 1. The summed E-state index contributed by atoms with van der Waals surface area (Å²) in [5.41, 5.74) is 0.786. The van der Waals surface area contributed by atoms with E-state index in [0.29, 0.717) is 11.3 Å². The van der Waals surface area contributed by atoms with Crippen LogP contribution in [0.4, 0.5) is 5.69 Å². The minimum absolute atomic E-state index is 0.229. The number of carbonyl (C=O) groups excluding carboxylic acids is 1. The van der Waals surface area contributed by atoms with Crippen LogP contribution in [0.25, 0.3) is 0 Å². The molecule has 1 atom stereocenters. The number of hydrogen-bond donors (Lipinski definition) is 1. The van der Waals surface area contributed by atoms with Crippen LogP contribution < -0.4 is 5.32 Å². The highest BCUT2D eigenvalue weighted by molar-refractivity contribution is 7.92. The number of anilines is 1. The second-order valence-electron chi connectivity index (χ2n) is 3.53. The number of sulfone groups is 1. The van der Waals surface area contributed by atoms with Crippen molar-refractivity contribution >= 4 is 21.5 Å². The van der Waals surface area contributed by atoms with E-state index in [2.05, 4.69) is 10.1 Å². The summed E-state index contributed by atoms with van der Waals surface area (Å²) in [6.45, 7) is 1.56. The summed E-state index contributed by atoms with van der Waals surface area (Å²) in [4.78, 5) is 11.5. The first-order valence-electron chi connectivity index (χ1n) is 4.69. The molecule has 0 amide bonds. The SMILES string of the molecule is COC(=O)c1ccc2c(c1)NC(C)S2(=O)=O. The van der Waals surface area contributed by atoms with E-state index in [4.69, 9.17) is 0 Å². The van der Waals surface area contributed by atoms with Crippen molar-refractivity contribution in [2.75, 3.05) is 12.4 Å². The first-order chi connectivity index (χ1) is 7.46. The van der Waals surface area contributed by atoms with E-state index in [0.717, 1.165) is 0 Å². The zero-order chi connectivity index (χ0) is 11.9. The number of nitrogens with one attached hydrogen (secondary N) is 1. The lowest BCUT2D eigenvalue weighted by molar-refractivity contribution is 0.0600. The average Bonchev–Trinajstić information content (AvgIpc) is 2.48. The van der Waals surface area contributed by atoms with E-state index in [1.807, 2.05) is 0 Å². The predicted octanol–water partition coefficient (Wildman–Crippen LogP) is 1.02. The summed E-state index contributed by atoms with van der Waals surface area (Å²) in [6.07, 6.45) is 0. The van der Waals surface area contributed by atoms with E-state index in [9.17, 15) is 13.2 Å². The Hall–Kier alpha value is -1.56. The molecule has 0 spiro atoms. The molecule has 0 saturated carbocycles. The van der Waals surface area contributed by atoms with Crippen LogP contribution in [0.2, 0.25) is 0 Å². The Morgan fingerprint density at radius 2 is 2.12 bits per heavy atom. The van der Waals surface area contributed by atoms with Crippen molar-refractivity contribution in [3.8, 4) is 0 Å². The van der Waals surface area contributed by atoms with Gasteiger partial charge in [-0.1, -0.05) is 0 Å². The summed E-state index contributed by atoms with van der Waals surface area (Å²) < 4.78 is 28.1. The topological polar surface area (TPSA) is 72.5 Å². The van der Waals surface area contributed by atoms with E-state index in [1.54, 1.807) is 6.92 Å². The molecule has 1 unspecified atom stereocenters. The number of hydrogen-bond acceptors (Lipinski definition) is 5. The van der Waals surface area contributed by atoms with Crippen molar-refractivity contribution in [3.05, 3.63) is 23.8 Å². The van der Waals surface area contributed by atoms with Gasteiger partial charge in [-0.2, -0.15) is 0 Å². The molecule has 0 aromatic heterocycles. The van der Waals surface area contributed by atoms with Crippen molar-refractivity contribution < 1.29 is 17.9 Å². The highest BCUT2D eigenvalue weighted by atomic mass is 32.2. The van der Waals surface area contributed by atoms with Crippen LogP contribution in [0.3, 0.4) is 0 Å². The third kappa shape index (κ3) is 1.46. The molecule has 1 aromatic carbocycles. The number of methoxy groups -OCH3 is 1. The van der Waals surface area contributed by atoms with Crippen molar-refractivity contribution in [3.63, 3.8) is 0 Å². The molecule has 2 rings (SSSR count). The number of benzene rings is 1. The maximum atomic E-state index is 11.8. The van der Waals surface area contributed by atoms with Crippen LogP contribution in [-0.2, 0) is 14.6 Å². The fourth-order valence-electron chi connectivity index (χ4n) is 1.62. The molecule has 0 bridgehead atoms. The van der Waals surface area contributed by atoms with Gasteiger partial charge in [0, 0.05) is 0 Å². The van der Waals surface area contributed by atoms with Crippen LogP contribution in [0.1, 0.15) is 17.3 Å².